The number of carbonyl (C=O) groups is 3. The molecule has 31 heavy (non-hydrogen) atoms. The standard InChI is InChI=1S/C23H19N3O5/c1-12-7-8-15(26(30)31)11-17(12)25-22(28)18-19(23(25)29)21-16-6-4-3-5-14(16)9-10-24(21)20(18)13(2)27/h3-11,18-21H,1-2H3/t18-,19-,20-,21+/m1/s1. The van der Waals surface area contributed by atoms with E-state index < -0.39 is 40.7 Å². The number of rotatable bonds is 3. The molecule has 0 N–H and O–H groups in total. The highest BCUT2D eigenvalue weighted by Crippen LogP contribution is 2.53. The summed E-state index contributed by atoms with van der Waals surface area (Å²) in [5.41, 5.74) is 2.41. The van der Waals surface area contributed by atoms with Gasteiger partial charge in [0.05, 0.1) is 34.5 Å². The van der Waals surface area contributed by atoms with Crippen molar-refractivity contribution in [3.63, 3.8) is 0 Å². The normalized spacial score (nSPS) is 26.0. The Morgan fingerprint density at radius 3 is 2.48 bits per heavy atom. The van der Waals surface area contributed by atoms with Crippen molar-refractivity contribution in [2.45, 2.75) is 25.9 Å². The van der Waals surface area contributed by atoms with Crippen molar-refractivity contribution in [2.24, 2.45) is 11.8 Å². The van der Waals surface area contributed by atoms with Crippen LogP contribution in [0.25, 0.3) is 6.08 Å². The van der Waals surface area contributed by atoms with E-state index in [0.29, 0.717) is 5.56 Å². The van der Waals surface area contributed by atoms with Crippen LogP contribution in [-0.4, -0.2) is 33.5 Å². The average Bonchev–Trinajstić information content (AvgIpc) is 3.21. The highest BCUT2D eigenvalue weighted by Gasteiger charge is 2.64. The number of anilines is 1. The predicted octanol–water partition coefficient (Wildman–Crippen LogP) is 3.01. The fraction of sp³-hybridized carbons (Fsp3) is 0.261. The molecule has 2 saturated heterocycles. The zero-order valence-corrected chi connectivity index (χ0v) is 16.9. The number of fused-ring (bicyclic) bond motifs is 5. The van der Waals surface area contributed by atoms with Crippen molar-refractivity contribution in [3.8, 4) is 0 Å². The van der Waals surface area contributed by atoms with E-state index in [4.69, 9.17) is 0 Å². The zero-order chi connectivity index (χ0) is 22.0. The van der Waals surface area contributed by atoms with Gasteiger partial charge < -0.3 is 4.90 Å². The Kier molecular flexibility index (Phi) is 4.08. The lowest BCUT2D eigenvalue weighted by Gasteiger charge is -2.35. The van der Waals surface area contributed by atoms with E-state index in [2.05, 4.69) is 0 Å². The van der Waals surface area contributed by atoms with E-state index in [0.717, 1.165) is 16.0 Å². The molecule has 156 valence electrons. The Labute approximate surface area is 177 Å². The summed E-state index contributed by atoms with van der Waals surface area (Å²) in [5.74, 6) is -2.70. The van der Waals surface area contributed by atoms with Crippen LogP contribution < -0.4 is 4.90 Å². The van der Waals surface area contributed by atoms with Gasteiger partial charge in [-0.2, -0.15) is 0 Å². The van der Waals surface area contributed by atoms with Crippen LogP contribution in [0.15, 0.2) is 48.7 Å². The molecule has 3 heterocycles. The minimum Gasteiger partial charge on any atom is -0.359 e. The monoisotopic (exact) mass is 417 g/mol. The highest BCUT2D eigenvalue weighted by atomic mass is 16.6. The number of carbonyl (C=O) groups excluding carboxylic acids is 3. The molecule has 2 aromatic rings. The Hall–Kier alpha value is -3.81. The lowest BCUT2D eigenvalue weighted by atomic mass is 9.84. The van der Waals surface area contributed by atoms with Gasteiger partial charge in [0.1, 0.15) is 0 Å². The van der Waals surface area contributed by atoms with Gasteiger partial charge >= 0.3 is 0 Å². The summed E-state index contributed by atoms with van der Waals surface area (Å²) in [6.07, 6.45) is 3.68. The molecule has 0 radical (unpaired) electrons. The number of hydrogen-bond acceptors (Lipinski definition) is 6. The maximum absolute atomic E-state index is 13.6. The molecule has 0 unspecified atom stereocenters. The number of nitrogens with zero attached hydrogens (tertiary/aromatic N) is 3. The second-order valence-electron chi connectivity index (χ2n) is 8.18. The third-order valence-corrected chi connectivity index (χ3v) is 6.52. The van der Waals surface area contributed by atoms with Crippen molar-refractivity contribution in [2.75, 3.05) is 4.90 Å². The van der Waals surface area contributed by atoms with Crippen LogP contribution in [0.1, 0.15) is 29.7 Å². The van der Waals surface area contributed by atoms with Crippen LogP contribution >= 0.6 is 0 Å². The van der Waals surface area contributed by atoms with Crippen LogP contribution in [0, 0.1) is 28.9 Å². The van der Waals surface area contributed by atoms with Crippen LogP contribution in [-0.2, 0) is 14.4 Å². The van der Waals surface area contributed by atoms with E-state index in [1.165, 1.54) is 25.1 Å². The molecule has 0 aromatic heterocycles. The Bertz CT molecular complexity index is 1200. The van der Waals surface area contributed by atoms with Gasteiger partial charge in [-0.25, -0.2) is 4.90 Å². The van der Waals surface area contributed by atoms with Crippen LogP contribution in [0.3, 0.4) is 0 Å². The van der Waals surface area contributed by atoms with Gasteiger partial charge in [-0.1, -0.05) is 30.3 Å². The van der Waals surface area contributed by atoms with Gasteiger partial charge in [0, 0.05) is 18.3 Å². The van der Waals surface area contributed by atoms with E-state index in [-0.39, 0.29) is 17.2 Å². The number of benzene rings is 2. The van der Waals surface area contributed by atoms with Crippen LogP contribution in [0.2, 0.25) is 0 Å². The van der Waals surface area contributed by atoms with Crippen molar-refractivity contribution < 1.29 is 19.3 Å². The molecule has 0 aliphatic carbocycles. The molecule has 8 heteroatoms. The number of Topliss-reactive ketones (excluding diaryl/α,β-unsaturated/α-hetero) is 1. The summed E-state index contributed by atoms with van der Waals surface area (Å²) < 4.78 is 0. The lowest BCUT2D eigenvalue weighted by Crippen LogP contribution is -2.43. The molecular weight excluding hydrogens is 398 g/mol. The molecular formula is C23H19N3O5. The van der Waals surface area contributed by atoms with Crippen LogP contribution in [0.4, 0.5) is 11.4 Å². The molecule has 0 spiro atoms. The number of aryl methyl sites for hydroxylation is 1. The molecule has 3 aliphatic rings. The largest absolute Gasteiger partial charge is 0.359 e. The van der Waals surface area contributed by atoms with E-state index in [1.807, 2.05) is 35.2 Å². The summed E-state index contributed by atoms with van der Waals surface area (Å²) in [7, 11) is 0. The van der Waals surface area contributed by atoms with Gasteiger partial charge in [0.25, 0.3) is 5.69 Å². The second-order valence-corrected chi connectivity index (χ2v) is 8.18. The number of ketones is 1. The van der Waals surface area contributed by atoms with Crippen LogP contribution in [0.5, 0.6) is 0 Å². The average molecular weight is 417 g/mol. The minimum absolute atomic E-state index is 0.194. The summed E-state index contributed by atoms with van der Waals surface area (Å²) in [5, 5.41) is 11.3. The van der Waals surface area contributed by atoms with Gasteiger partial charge in [0.2, 0.25) is 11.8 Å². The number of non-ortho nitro benzene ring substituents is 1. The van der Waals surface area contributed by atoms with E-state index >= 15 is 0 Å². The van der Waals surface area contributed by atoms with Gasteiger partial charge in [-0.3, -0.25) is 24.5 Å². The molecule has 3 aliphatic heterocycles. The van der Waals surface area contributed by atoms with Crippen molar-refractivity contribution in [1.29, 1.82) is 0 Å². The molecule has 4 atom stereocenters. The number of hydrogen-bond donors (Lipinski definition) is 0. The fourth-order valence-corrected chi connectivity index (χ4v) is 5.21. The number of nitro benzene ring substituents is 1. The summed E-state index contributed by atoms with van der Waals surface area (Å²) in [6.45, 7) is 3.12. The maximum atomic E-state index is 13.6. The fourth-order valence-electron chi connectivity index (χ4n) is 5.21. The highest BCUT2D eigenvalue weighted by molar-refractivity contribution is 6.24. The topological polar surface area (TPSA) is 101 Å². The first-order valence-electron chi connectivity index (χ1n) is 9.99. The lowest BCUT2D eigenvalue weighted by molar-refractivity contribution is -0.384. The van der Waals surface area contributed by atoms with Crippen molar-refractivity contribution in [1.82, 2.24) is 4.90 Å². The number of amides is 2. The molecule has 0 saturated carbocycles. The summed E-state index contributed by atoms with van der Waals surface area (Å²) >= 11 is 0. The molecule has 2 aromatic carbocycles. The van der Waals surface area contributed by atoms with E-state index in [9.17, 15) is 24.5 Å². The molecule has 8 nitrogen and oxygen atoms in total. The zero-order valence-electron chi connectivity index (χ0n) is 16.9. The van der Waals surface area contributed by atoms with E-state index in [1.54, 1.807) is 13.1 Å². The Balaban J connectivity index is 1.66. The maximum Gasteiger partial charge on any atom is 0.271 e. The molecule has 0 bridgehead atoms. The quantitative estimate of drug-likeness (QED) is 0.432. The third kappa shape index (κ3) is 2.57. The number of imide groups is 1. The predicted molar refractivity (Wildman–Crippen MR) is 112 cm³/mol. The number of nitro groups is 1. The molecule has 2 fully saturated rings. The Morgan fingerprint density at radius 2 is 1.77 bits per heavy atom. The first-order chi connectivity index (χ1) is 14.8. The van der Waals surface area contributed by atoms with Crippen molar-refractivity contribution in [3.05, 3.63) is 75.5 Å². The summed E-state index contributed by atoms with van der Waals surface area (Å²) in [4.78, 5) is 53.4. The van der Waals surface area contributed by atoms with Gasteiger partial charge in [-0.05, 0) is 36.6 Å². The smallest absolute Gasteiger partial charge is 0.271 e. The SMILES string of the molecule is CC(=O)[C@@H]1[C@@H]2C(=O)N(c3cc([N+](=O)[O-])ccc3C)C(=O)[C@H]2[C@@H]2c3ccccc3C=CN12. The van der Waals surface area contributed by atoms with Crippen molar-refractivity contribution >= 4 is 35.0 Å². The molecule has 5 rings (SSSR count). The van der Waals surface area contributed by atoms with Gasteiger partial charge in [0.15, 0.2) is 5.78 Å². The first kappa shape index (κ1) is 19.2. The minimum atomic E-state index is -0.843. The second kappa shape index (κ2) is 6.60. The third-order valence-electron chi connectivity index (χ3n) is 6.52. The summed E-state index contributed by atoms with van der Waals surface area (Å²) in [6, 6.07) is 10.5. The first-order valence-corrected chi connectivity index (χ1v) is 9.99. The Morgan fingerprint density at radius 1 is 1.06 bits per heavy atom. The molecule has 2 amide bonds. The van der Waals surface area contributed by atoms with Gasteiger partial charge in [-0.15, -0.1) is 0 Å².